The molecule has 44 heavy (non-hydrogen) atoms. The van der Waals surface area contributed by atoms with Crippen molar-refractivity contribution in [2.24, 2.45) is 0 Å². The maximum absolute atomic E-state index is 13.3. The molecule has 4 N–H and O–H groups in total. The number of carbonyl (C=O) groups is 4. The van der Waals surface area contributed by atoms with E-state index in [1.807, 2.05) is 0 Å². The Balaban J connectivity index is 1.46. The molecule has 0 aliphatic heterocycles. The van der Waals surface area contributed by atoms with Gasteiger partial charge in [0, 0.05) is 34.0 Å². The highest BCUT2D eigenvalue weighted by Crippen LogP contribution is 2.24. The summed E-state index contributed by atoms with van der Waals surface area (Å²) in [4.78, 5) is 61.2. The molecule has 0 heterocycles. The summed E-state index contributed by atoms with van der Waals surface area (Å²) >= 11 is 1.21. The first-order valence-electron chi connectivity index (χ1n) is 13.1. The van der Waals surface area contributed by atoms with Crippen LogP contribution in [0.15, 0.2) is 108 Å². The number of non-ortho nitro benzene ring substituents is 1. The van der Waals surface area contributed by atoms with Crippen LogP contribution in [0.5, 0.6) is 0 Å². The Morgan fingerprint density at radius 1 is 0.864 bits per heavy atom. The van der Waals surface area contributed by atoms with E-state index in [0.717, 1.165) is 5.56 Å². The summed E-state index contributed by atoms with van der Waals surface area (Å²) in [5, 5.41) is 28.3. The number of carboxylic acids is 1. The summed E-state index contributed by atoms with van der Waals surface area (Å²) < 4.78 is 0. The normalized spacial score (nSPS) is 10.9. The lowest BCUT2D eigenvalue weighted by molar-refractivity contribution is -0.384. The first-order valence-corrected chi connectivity index (χ1v) is 14.1. The van der Waals surface area contributed by atoms with Gasteiger partial charge in [0.25, 0.3) is 17.5 Å². The first kappa shape index (κ1) is 31.2. The Hall–Kier alpha value is -5.75. The van der Waals surface area contributed by atoms with Crippen LogP contribution in [0.3, 0.4) is 0 Å². The topological polar surface area (TPSA) is 168 Å². The number of nitrogens with zero attached hydrogens (tertiary/aromatic N) is 1. The Morgan fingerprint density at radius 2 is 1.59 bits per heavy atom. The molecule has 0 atom stereocenters. The number of carbonyl (C=O) groups excluding carboxylic acids is 3. The van der Waals surface area contributed by atoms with Gasteiger partial charge in [-0.2, -0.15) is 0 Å². The Bertz CT molecular complexity index is 1760. The Kier molecular flexibility index (Phi) is 10.2. The number of nitrogens with one attached hydrogen (secondary N) is 3. The Labute approximate surface area is 256 Å². The van der Waals surface area contributed by atoms with Crippen LogP contribution in [-0.4, -0.2) is 39.5 Å². The second kappa shape index (κ2) is 14.4. The highest BCUT2D eigenvalue weighted by molar-refractivity contribution is 8.00. The highest BCUT2D eigenvalue weighted by atomic mass is 32.2. The van der Waals surface area contributed by atoms with E-state index < -0.39 is 22.7 Å². The number of anilines is 2. The fourth-order valence-corrected chi connectivity index (χ4v) is 4.64. The molecule has 0 aliphatic rings. The zero-order chi connectivity index (χ0) is 31.6. The van der Waals surface area contributed by atoms with Crippen LogP contribution in [0, 0.1) is 17.0 Å². The van der Waals surface area contributed by atoms with Crippen LogP contribution in [0.1, 0.15) is 31.8 Å². The third-order valence-electron chi connectivity index (χ3n) is 6.16. The van der Waals surface area contributed by atoms with Crippen molar-refractivity contribution in [2.75, 3.05) is 16.4 Å². The summed E-state index contributed by atoms with van der Waals surface area (Å²) in [5.41, 5.74) is 2.15. The van der Waals surface area contributed by atoms with Crippen molar-refractivity contribution >= 4 is 58.6 Å². The number of hydrogen-bond acceptors (Lipinski definition) is 7. The number of nitro benzene ring substituents is 1. The minimum Gasteiger partial charge on any atom is -0.478 e. The number of aromatic carboxylic acids is 1. The zero-order valence-corrected chi connectivity index (χ0v) is 24.1. The fourth-order valence-electron chi connectivity index (χ4n) is 3.89. The van der Waals surface area contributed by atoms with E-state index >= 15 is 0 Å². The summed E-state index contributed by atoms with van der Waals surface area (Å²) in [7, 11) is 0. The molecule has 3 amide bonds. The van der Waals surface area contributed by atoms with Gasteiger partial charge in [-0.1, -0.05) is 30.3 Å². The average molecular weight is 611 g/mol. The lowest BCUT2D eigenvalue weighted by Gasteiger charge is -2.12. The number of rotatable bonds is 11. The predicted octanol–water partition coefficient (Wildman–Crippen LogP) is 5.74. The van der Waals surface area contributed by atoms with Crippen molar-refractivity contribution < 1.29 is 29.2 Å². The lowest BCUT2D eigenvalue weighted by Crippen LogP contribution is -2.30. The van der Waals surface area contributed by atoms with E-state index in [0.29, 0.717) is 27.4 Å². The molecule has 0 aromatic heterocycles. The van der Waals surface area contributed by atoms with Crippen LogP contribution >= 0.6 is 11.8 Å². The summed E-state index contributed by atoms with van der Waals surface area (Å²) in [6.45, 7) is 1.76. The van der Waals surface area contributed by atoms with Crippen LogP contribution in [-0.2, 0) is 9.59 Å². The minimum absolute atomic E-state index is 0.0204. The summed E-state index contributed by atoms with van der Waals surface area (Å²) in [6.07, 6.45) is 1.41. The molecule has 12 heteroatoms. The maximum atomic E-state index is 13.3. The largest absolute Gasteiger partial charge is 0.478 e. The van der Waals surface area contributed by atoms with Gasteiger partial charge in [-0.05, 0) is 78.7 Å². The van der Waals surface area contributed by atoms with Gasteiger partial charge in [-0.25, -0.2) is 4.79 Å². The number of aryl methyl sites for hydroxylation is 1. The predicted molar refractivity (Wildman–Crippen MR) is 168 cm³/mol. The molecule has 0 unspecified atom stereocenters. The highest BCUT2D eigenvalue weighted by Gasteiger charge is 2.16. The third-order valence-corrected chi connectivity index (χ3v) is 7.16. The van der Waals surface area contributed by atoms with Gasteiger partial charge >= 0.3 is 5.97 Å². The van der Waals surface area contributed by atoms with Crippen LogP contribution in [0.4, 0.5) is 17.1 Å². The third kappa shape index (κ3) is 8.63. The van der Waals surface area contributed by atoms with Gasteiger partial charge in [0.1, 0.15) is 5.70 Å². The lowest BCUT2D eigenvalue weighted by atomic mass is 10.1. The minimum atomic E-state index is -1.10. The molecule has 0 saturated carbocycles. The molecule has 0 spiro atoms. The maximum Gasteiger partial charge on any atom is 0.335 e. The molecule has 4 aromatic rings. The van der Waals surface area contributed by atoms with E-state index in [4.69, 9.17) is 0 Å². The zero-order valence-electron chi connectivity index (χ0n) is 23.3. The second-order valence-electron chi connectivity index (χ2n) is 9.38. The van der Waals surface area contributed by atoms with E-state index in [1.165, 1.54) is 54.2 Å². The number of amides is 3. The number of carboxylic acid groups (broad SMARTS) is 1. The van der Waals surface area contributed by atoms with E-state index in [9.17, 15) is 34.4 Å². The monoisotopic (exact) mass is 610 g/mol. The SMILES string of the molecule is Cc1ccc(C(=O)O)cc1NC(=O)CSc1cccc(NC(=O)/C(=C\c2ccc([N+](=O)[O-])cc2)NC(=O)c2ccccc2)c1. The van der Waals surface area contributed by atoms with Gasteiger partial charge in [-0.15, -0.1) is 11.8 Å². The van der Waals surface area contributed by atoms with Crippen molar-refractivity contribution in [3.8, 4) is 0 Å². The number of thioether (sulfide) groups is 1. The summed E-state index contributed by atoms with van der Waals surface area (Å²) in [6, 6.07) is 25.1. The van der Waals surface area contributed by atoms with E-state index in [-0.39, 0.29) is 28.6 Å². The van der Waals surface area contributed by atoms with Gasteiger partial charge in [0.15, 0.2) is 0 Å². The molecule has 0 bridgehead atoms. The van der Waals surface area contributed by atoms with E-state index in [1.54, 1.807) is 67.6 Å². The van der Waals surface area contributed by atoms with Crippen molar-refractivity contribution in [3.63, 3.8) is 0 Å². The van der Waals surface area contributed by atoms with Crippen LogP contribution < -0.4 is 16.0 Å². The van der Waals surface area contributed by atoms with Crippen LogP contribution in [0.25, 0.3) is 6.08 Å². The fraction of sp³-hybridized carbons (Fsp3) is 0.0625. The molecule has 0 aliphatic carbocycles. The smallest absolute Gasteiger partial charge is 0.335 e. The van der Waals surface area contributed by atoms with Crippen molar-refractivity contribution in [1.29, 1.82) is 0 Å². The van der Waals surface area contributed by atoms with Gasteiger partial charge < -0.3 is 21.1 Å². The molecule has 0 radical (unpaired) electrons. The molecule has 4 rings (SSSR count). The van der Waals surface area contributed by atoms with Crippen LogP contribution in [0.2, 0.25) is 0 Å². The molecular formula is C32H26N4O7S. The first-order chi connectivity index (χ1) is 21.1. The standard InChI is InChI=1S/C32H26N4O7S/c1-20-10-13-23(32(40)41)17-27(20)34-29(37)19-44-26-9-5-8-24(18-26)33-31(39)28(35-30(38)22-6-3-2-4-7-22)16-21-11-14-25(15-12-21)36(42)43/h2-18H,19H2,1H3,(H,33,39)(H,34,37)(H,35,38)(H,40,41)/b28-16+. The molecule has 0 saturated heterocycles. The van der Waals surface area contributed by atoms with E-state index in [2.05, 4.69) is 16.0 Å². The molecule has 222 valence electrons. The molecule has 11 nitrogen and oxygen atoms in total. The van der Waals surface area contributed by atoms with Crippen molar-refractivity contribution in [1.82, 2.24) is 5.32 Å². The van der Waals surface area contributed by atoms with Gasteiger partial charge in [0.05, 0.1) is 16.2 Å². The quantitative estimate of drug-likeness (QED) is 0.0721. The second-order valence-corrected chi connectivity index (χ2v) is 10.4. The summed E-state index contributed by atoms with van der Waals surface area (Å²) in [5.74, 6) is -2.58. The van der Waals surface area contributed by atoms with Crippen molar-refractivity contribution in [3.05, 3.63) is 135 Å². The van der Waals surface area contributed by atoms with Gasteiger partial charge in [-0.3, -0.25) is 24.5 Å². The van der Waals surface area contributed by atoms with Crippen molar-refractivity contribution in [2.45, 2.75) is 11.8 Å². The average Bonchev–Trinajstić information content (AvgIpc) is 3.01. The molecule has 0 fully saturated rings. The molecule has 4 aromatic carbocycles. The van der Waals surface area contributed by atoms with Gasteiger partial charge in [0.2, 0.25) is 5.91 Å². The number of nitro groups is 1. The Morgan fingerprint density at radius 3 is 2.27 bits per heavy atom. The molecular weight excluding hydrogens is 584 g/mol. The number of benzene rings is 4. The number of hydrogen-bond donors (Lipinski definition) is 4.